The van der Waals surface area contributed by atoms with Gasteiger partial charge >= 0.3 is 6.01 Å². The van der Waals surface area contributed by atoms with Gasteiger partial charge in [0.2, 0.25) is 11.9 Å². The molecule has 0 unspecified atom stereocenters. The van der Waals surface area contributed by atoms with Gasteiger partial charge < -0.3 is 20.3 Å². The highest BCUT2D eigenvalue weighted by Crippen LogP contribution is 2.26. The van der Waals surface area contributed by atoms with E-state index in [1.165, 1.54) is 48.6 Å². The first-order valence-electron chi connectivity index (χ1n) is 12.4. The molecule has 220 valence electrons. The first kappa shape index (κ1) is 30.5. The van der Waals surface area contributed by atoms with Crippen LogP contribution in [-0.2, 0) is 20.2 Å². The van der Waals surface area contributed by atoms with E-state index >= 15 is 0 Å². The SMILES string of the molecule is CN(C)CCOc1nc(Nc2ccccc2)nc(Nc2ccc(/C=C/c3ccccc3S(=O)(=O)O)c(S(=O)(=O)O)c2)n1. The molecule has 0 aliphatic heterocycles. The summed E-state index contributed by atoms with van der Waals surface area (Å²) in [6, 6.07) is 18.9. The van der Waals surface area contributed by atoms with Crippen LogP contribution in [0.5, 0.6) is 6.01 Å². The summed E-state index contributed by atoms with van der Waals surface area (Å²) in [4.78, 5) is 14.0. The molecule has 13 nitrogen and oxygen atoms in total. The summed E-state index contributed by atoms with van der Waals surface area (Å²) in [5.74, 6) is 0.209. The van der Waals surface area contributed by atoms with Gasteiger partial charge in [0, 0.05) is 17.9 Å². The predicted octanol–water partition coefficient (Wildman–Crippen LogP) is 3.96. The molecule has 0 saturated carbocycles. The maximum atomic E-state index is 12.3. The number of ether oxygens (including phenoxy) is 1. The monoisotopic (exact) mass is 612 g/mol. The lowest BCUT2D eigenvalue weighted by Crippen LogP contribution is -2.20. The van der Waals surface area contributed by atoms with E-state index in [1.807, 2.05) is 49.3 Å². The number of likely N-dealkylation sites (N-methyl/N-ethyl adjacent to an activating group) is 1. The molecule has 0 saturated heterocycles. The van der Waals surface area contributed by atoms with Crippen molar-refractivity contribution in [3.05, 3.63) is 83.9 Å². The standard InChI is InChI=1S/C27H28N6O7S2/c1-33(2)16-17-40-27-31-25(28-21-9-4-3-5-10-21)30-26(32-27)29-22-15-14-20(24(18-22)42(37,38)39)13-12-19-8-6-7-11-23(19)41(34,35)36/h3-15,18H,16-17H2,1-2H3,(H,34,35,36)(H,37,38,39)(H2,28,29,30,31,32)/b13-12+. The average molecular weight is 613 g/mol. The fourth-order valence-electron chi connectivity index (χ4n) is 3.64. The smallest absolute Gasteiger partial charge is 0.323 e. The summed E-state index contributed by atoms with van der Waals surface area (Å²) < 4.78 is 73.0. The lowest BCUT2D eigenvalue weighted by Gasteiger charge is -2.13. The van der Waals surface area contributed by atoms with Crippen molar-refractivity contribution in [3.8, 4) is 6.01 Å². The van der Waals surface area contributed by atoms with Crippen molar-refractivity contribution in [2.45, 2.75) is 9.79 Å². The van der Waals surface area contributed by atoms with E-state index in [4.69, 9.17) is 4.74 Å². The molecule has 42 heavy (non-hydrogen) atoms. The number of para-hydroxylation sites is 1. The van der Waals surface area contributed by atoms with E-state index in [2.05, 4.69) is 25.6 Å². The molecule has 1 aromatic heterocycles. The van der Waals surface area contributed by atoms with Crippen LogP contribution in [-0.4, -0.2) is 73.0 Å². The summed E-state index contributed by atoms with van der Waals surface area (Å²) in [6.45, 7) is 0.910. The molecule has 0 radical (unpaired) electrons. The molecule has 4 rings (SSSR count). The van der Waals surface area contributed by atoms with Gasteiger partial charge in [0.25, 0.3) is 20.2 Å². The number of aromatic nitrogens is 3. The molecule has 0 aliphatic carbocycles. The zero-order chi connectivity index (χ0) is 30.3. The molecule has 4 N–H and O–H groups in total. The fraction of sp³-hybridized carbons (Fsp3) is 0.148. The topological polar surface area (TPSA) is 184 Å². The van der Waals surface area contributed by atoms with Crippen LogP contribution in [0.1, 0.15) is 11.1 Å². The molecule has 0 atom stereocenters. The Morgan fingerprint density at radius 3 is 1.93 bits per heavy atom. The second-order valence-electron chi connectivity index (χ2n) is 9.11. The highest BCUT2D eigenvalue weighted by Gasteiger charge is 2.17. The van der Waals surface area contributed by atoms with Crippen LogP contribution in [0.3, 0.4) is 0 Å². The quantitative estimate of drug-likeness (QED) is 0.133. The molecule has 0 bridgehead atoms. The van der Waals surface area contributed by atoms with Gasteiger partial charge in [-0.25, -0.2) is 0 Å². The lowest BCUT2D eigenvalue weighted by molar-refractivity contribution is 0.245. The van der Waals surface area contributed by atoms with E-state index in [0.29, 0.717) is 18.8 Å². The van der Waals surface area contributed by atoms with Crippen molar-refractivity contribution in [2.24, 2.45) is 0 Å². The Labute approximate surface area is 243 Å². The summed E-state index contributed by atoms with van der Waals surface area (Å²) in [5, 5.41) is 5.97. The third-order valence-corrected chi connectivity index (χ3v) is 7.44. The first-order chi connectivity index (χ1) is 19.9. The zero-order valence-corrected chi connectivity index (χ0v) is 24.2. The first-order valence-corrected chi connectivity index (χ1v) is 15.3. The molecular formula is C27H28N6O7S2. The summed E-state index contributed by atoms with van der Waals surface area (Å²) >= 11 is 0. The van der Waals surface area contributed by atoms with Gasteiger partial charge in [-0.2, -0.15) is 31.8 Å². The number of hydrogen-bond donors (Lipinski definition) is 4. The molecular weight excluding hydrogens is 584 g/mol. The Kier molecular flexibility index (Phi) is 9.49. The predicted molar refractivity (Wildman–Crippen MR) is 158 cm³/mol. The van der Waals surface area contributed by atoms with Gasteiger partial charge in [0.15, 0.2) is 0 Å². The van der Waals surface area contributed by atoms with Crippen LogP contribution in [0.2, 0.25) is 0 Å². The Hall–Kier alpha value is -4.41. The second kappa shape index (κ2) is 13.1. The molecule has 15 heteroatoms. The summed E-state index contributed by atoms with van der Waals surface area (Å²) in [5.41, 5.74) is 1.11. The number of nitrogens with one attached hydrogen (secondary N) is 2. The van der Waals surface area contributed by atoms with Crippen LogP contribution in [0, 0.1) is 0 Å². The second-order valence-corrected chi connectivity index (χ2v) is 11.9. The number of hydrogen-bond acceptors (Lipinski definition) is 11. The summed E-state index contributed by atoms with van der Waals surface area (Å²) in [6.07, 6.45) is 2.61. The Morgan fingerprint density at radius 2 is 1.31 bits per heavy atom. The number of benzene rings is 3. The molecule has 0 fully saturated rings. The van der Waals surface area contributed by atoms with Crippen molar-refractivity contribution in [1.82, 2.24) is 19.9 Å². The van der Waals surface area contributed by atoms with Crippen LogP contribution < -0.4 is 15.4 Å². The van der Waals surface area contributed by atoms with Crippen LogP contribution in [0.25, 0.3) is 12.2 Å². The summed E-state index contributed by atoms with van der Waals surface area (Å²) in [7, 11) is -5.46. The van der Waals surface area contributed by atoms with Crippen LogP contribution in [0.15, 0.2) is 82.6 Å². The average Bonchev–Trinajstić information content (AvgIpc) is 2.92. The maximum Gasteiger partial charge on any atom is 0.323 e. The van der Waals surface area contributed by atoms with Gasteiger partial charge in [-0.15, -0.1) is 0 Å². The molecule has 3 aromatic carbocycles. The Morgan fingerprint density at radius 1 is 0.738 bits per heavy atom. The molecule has 4 aromatic rings. The minimum atomic E-state index is -4.72. The van der Waals surface area contributed by atoms with Gasteiger partial charge in [-0.3, -0.25) is 9.11 Å². The van der Waals surface area contributed by atoms with Crippen molar-refractivity contribution in [1.29, 1.82) is 0 Å². The molecule has 0 aliphatic rings. The van der Waals surface area contributed by atoms with Gasteiger partial charge in [-0.05, 0) is 55.6 Å². The van der Waals surface area contributed by atoms with Gasteiger partial charge in [0.05, 0.1) is 0 Å². The minimum Gasteiger partial charge on any atom is -0.462 e. The van der Waals surface area contributed by atoms with E-state index in [1.54, 1.807) is 6.07 Å². The van der Waals surface area contributed by atoms with Crippen LogP contribution >= 0.6 is 0 Å². The van der Waals surface area contributed by atoms with Crippen molar-refractivity contribution in [2.75, 3.05) is 37.9 Å². The number of anilines is 4. The third kappa shape index (κ3) is 8.55. The Balaban J connectivity index is 1.66. The largest absolute Gasteiger partial charge is 0.462 e. The number of rotatable bonds is 12. The molecule has 0 amide bonds. The highest BCUT2D eigenvalue weighted by atomic mass is 32.2. The zero-order valence-electron chi connectivity index (χ0n) is 22.5. The minimum absolute atomic E-state index is 0.0276. The lowest BCUT2D eigenvalue weighted by atomic mass is 10.1. The fourth-order valence-corrected chi connectivity index (χ4v) is 5.03. The van der Waals surface area contributed by atoms with Crippen molar-refractivity contribution < 1.29 is 30.7 Å². The maximum absolute atomic E-state index is 12.3. The van der Waals surface area contributed by atoms with Gasteiger partial charge in [-0.1, -0.05) is 54.6 Å². The molecule has 1 heterocycles. The van der Waals surface area contributed by atoms with Crippen LogP contribution in [0.4, 0.5) is 23.3 Å². The van der Waals surface area contributed by atoms with Gasteiger partial charge in [0.1, 0.15) is 16.4 Å². The van der Waals surface area contributed by atoms with E-state index in [-0.39, 0.29) is 39.6 Å². The van der Waals surface area contributed by atoms with E-state index < -0.39 is 25.1 Å². The third-order valence-electron chi connectivity index (χ3n) is 5.60. The van der Waals surface area contributed by atoms with Crippen molar-refractivity contribution in [3.63, 3.8) is 0 Å². The highest BCUT2D eigenvalue weighted by molar-refractivity contribution is 7.86. The molecule has 0 spiro atoms. The normalized spacial score (nSPS) is 12.0. The van der Waals surface area contributed by atoms with E-state index in [9.17, 15) is 25.9 Å². The number of nitrogens with zero attached hydrogens (tertiary/aromatic N) is 4. The van der Waals surface area contributed by atoms with E-state index in [0.717, 1.165) is 0 Å². The Bertz CT molecular complexity index is 1800. The van der Waals surface area contributed by atoms with Crippen molar-refractivity contribution >= 4 is 55.7 Å².